The maximum absolute atomic E-state index is 13.0. The van der Waals surface area contributed by atoms with E-state index in [0.29, 0.717) is 5.65 Å². The molecule has 28 heavy (non-hydrogen) atoms. The van der Waals surface area contributed by atoms with Gasteiger partial charge in [0.05, 0.1) is 6.04 Å². The first-order valence-electron chi connectivity index (χ1n) is 9.68. The molecule has 6 nitrogen and oxygen atoms in total. The molecule has 1 unspecified atom stereocenters. The fourth-order valence-corrected chi connectivity index (χ4v) is 3.72. The van der Waals surface area contributed by atoms with Crippen LogP contribution in [0.15, 0.2) is 59.7 Å². The van der Waals surface area contributed by atoms with Crippen LogP contribution in [0.5, 0.6) is 0 Å². The van der Waals surface area contributed by atoms with Crippen LogP contribution in [0.1, 0.15) is 40.4 Å². The Bertz CT molecular complexity index is 1040. The van der Waals surface area contributed by atoms with Crippen LogP contribution in [-0.4, -0.2) is 39.8 Å². The summed E-state index contributed by atoms with van der Waals surface area (Å²) in [6.45, 7) is 4.72. The van der Waals surface area contributed by atoms with E-state index in [2.05, 4.69) is 15.2 Å². The summed E-state index contributed by atoms with van der Waals surface area (Å²) in [5, 5.41) is 3.06. The van der Waals surface area contributed by atoms with Crippen LogP contribution in [0.3, 0.4) is 0 Å². The quantitative estimate of drug-likeness (QED) is 0.743. The Morgan fingerprint density at radius 2 is 1.89 bits per heavy atom. The number of carbonyl (C=O) groups is 1. The van der Waals surface area contributed by atoms with Crippen LogP contribution < -0.4 is 10.9 Å². The molecule has 1 aromatic carbocycles. The molecular formula is C22H24N4O2. The van der Waals surface area contributed by atoms with Crippen LogP contribution in [0, 0.1) is 6.92 Å². The number of carbonyl (C=O) groups excluding carboxylic acids is 1. The predicted molar refractivity (Wildman–Crippen MR) is 109 cm³/mol. The summed E-state index contributed by atoms with van der Waals surface area (Å²) in [7, 11) is 0. The molecule has 1 amide bonds. The fraction of sp³-hybridized carbons (Fsp3) is 0.318. The van der Waals surface area contributed by atoms with E-state index in [1.165, 1.54) is 23.4 Å². The van der Waals surface area contributed by atoms with E-state index >= 15 is 0 Å². The highest BCUT2D eigenvalue weighted by Crippen LogP contribution is 2.18. The first-order valence-corrected chi connectivity index (χ1v) is 9.68. The first-order chi connectivity index (χ1) is 13.6. The van der Waals surface area contributed by atoms with Crippen LogP contribution in [0.2, 0.25) is 0 Å². The summed E-state index contributed by atoms with van der Waals surface area (Å²) in [5.74, 6) is -0.388. The largest absolute Gasteiger partial charge is 0.344 e. The average molecular weight is 376 g/mol. The second-order valence-corrected chi connectivity index (χ2v) is 7.36. The van der Waals surface area contributed by atoms with E-state index in [-0.39, 0.29) is 23.1 Å². The van der Waals surface area contributed by atoms with Gasteiger partial charge in [-0.2, -0.15) is 0 Å². The monoisotopic (exact) mass is 376 g/mol. The van der Waals surface area contributed by atoms with Crippen molar-refractivity contribution in [2.45, 2.75) is 25.8 Å². The summed E-state index contributed by atoms with van der Waals surface area (Å²) in [6.07, 6.45) is 5.45. The minimum Gasteiger partial charge on any atom is -0.344 e. The number of nitrogens with one attached hydrogen (secondary N) is 1. The molecule has 0 aliphatic carbocycles. The van der Waals surface area contributed by atoms with E-state index in [4.69, 9.17) is 0 Å². The molecule has 1 aliphatic rings. The highest BCUT2D eigenvalue weighted by atomic mass is 16.2. The summed E-state index contributed by atoms with van der Waals surface area (Å²) in [6, 6.07) is 13.4. The minimum absolute atomic E-state index is 0.0606. The van der Waals surface area contributed by atoms with Crippen molar-refractivity contribution in [3.63, 3.8) is 0 Å². The molecule has 1 fully saturated rings. The van der Waals surface area contributed by atoms with Gasteiger partial charge in [-0.1, -0.05) is 36.4 Å². The molecular weight excluding hydrogens is 352 g/mol. The molecule has 3 heterocycles. The van der Waals surface area contributed by atoms with Gasteiger partial charge < -0.3 is 10.2 Å². The van der Waals surface area contributed by atoms with E-state index in [1.54, 1.807) is 12.3 Å². The molecule has 6 heteroatoms. The first kappa shape index (κ1) is 18.4. The van der Waals surface area contributed by atoms with Crippen molar-refractivity contribution in [3.8, 4) is 0 Å². The maximum atomic E-state index is 13.0. The van der Waals surface area contributed by atoms with Crippen LogP contribution in [-0.2, 0) is 0 Å². The number of pyridine rings is 1. The second kappa shape index (κ2) is 7.94. The maximum Gasteiger partial charge on any atom is 0.270 e. The van der Waals surface area contributed by atoms with Gasteiger partial charge in [0.25, 0.3) is 11.5 Å². The second-order valence-electron chi connectivity index (χ2n) is 7.36. The molecule has 4 rings (SSSR count). The number of likely N-dealkylation sites (tertiary alicyclic amines) is 1. The fourth-order valence-electron chi connectivity index (χ4n) is 3.72. The third-order valence-corrected chi connectivity index (χ3v) is 5.24. The third kappa shape index (κ3) is 3.82. The Balaban J connectivity index is 1.63. The molecule has 0 spiro atoms. The van der Waals surface area contributed by atoms with Gasteiger partial charge in [0.15, 0.2) is 0 Å². The number of nitrogens with zero attached hydrogens (tertiary/aromatic N) is 3. The van der Waals surface area contributed by atoms with Gasteiger partial charge in [-0.3, -0.25) is 14.0 Å². The third-order valence-electron chi connectivity index (χ3n) is 5.24. The zero-order chi connectivity index (χ0) is 19.5. The van der Waals surface area contributed by atoms with Crippen molar-refractivity contribution < 1.29 is 4.79 Å². The van der Waals surface area contributed by atoms with Crippen molar-refractivity contribution in [3.05, 3.63) is 81.9 Å². The molecule has 1 saturated heterocycles. The standard InChI is InChI=1S/C22H24N4O2/c1-16-9-10-20-23-13-18(22(28)26(20)14-16)21(27)24-19(15-25-11-5-6-12-25)17-7-3-2-4-8-17/h2-4,7-10,13-14,19H,5-6,11-12,15H2,1H3,(H,24,27). The molecule has 1 N–H and O–H groups in total. The van der Waals surface area contributed by atoms with Gasteiger partial charge in [-0.15, -0.1) is 0 Å². The number of aryl methyl sites for hydroxylation is 1. The minimum atomic E-state index is -0.388. The predicted octanol–water partition coefficient (Wildman–Crippen LogP) is 2.57. The normalized spacial score (nSPS) is 15.6. The number of benzene rings is 1. The van der Waals surface area contributed by atoms with Gasteiger partial charge in [0.2, 0.25) is 0 Å². The number of hydrogen-bond donors (Lipinski definition) is 1. The lowest BCUT2D eigenvalue weighted by Crippen LogP contribution is -2.39. The molecule has 2 aromatic heterocycles. The van der Waals surface area contributed by atoms with Gasteiger partial charge in [-0.25, -0.2) is 4.98 Å². The van der Waals surface area contributed by atoms with E-state index in [0.717, 1.165) is 30.8 Å². The highest BCUT2D eigenvalue weighted by Gasteiger charge is 2.22. The lowest BCUT2D eigenvalue weighted by Gasteiger charge is -2.25. The lowest BCUT2D eigenvalue weighted by molar-refractivity contribution is 0.0925. The number of fused-ring (bicyclic) bond motifs is 1. The number of hydrogen-bond acceptors (Lipinski definition) is 4. The van der Waals surface area contributed by atoms with E-state index in [1.807, 2.05) is 43.3 Å². The molecule has 1 atom stereocenters. The average Bonchev–Trinajstić information content (AvgIpc) is 3.22. The summed E-state index contributed by atoms with van der Waals surface area (Å²) >= 11 is 0. The molecule has 3 aromatic rings. The Morgan fingerprint density at radius 3 is 2.64 bits per heavy atom. The smallest absolute Gasteiger partial charge is 0.270 e. The van der Waals surface area contributed by atoms with Crippen molar-refractivity contribution in [2.24, 2.45) is 0 Å². The molecule has 0 bridgehead atoms. The Kier molecular flexibility index (Phi) is 5.21. The van der Waals surface area contributed by atoms with Crippen LogP contribution >= 0.6 is 0 Å². The highest BCUT2D eigenvalue weighted by molar-refractivity contribution is 5.94. The summed E-state index contributed by atoms with van der Waals surface area (Å²) < 4.78 is 1.43. The summed E-state index contributed by atoms with van der Waals surface area (Å²) in [5.41, 5.74) is 2.21. The molecule has 0 saturated carbocycles. The molecule has 144 valence electrons. The zero-order valence-corrected chi connectivity index (χ0v) is 16.0. The number of amides is 1. The van der Waals surface area contributed by atoms with Crippen molar-refractivity contribution in [2.75, 3.05) is 19.6 Å². The molecule has 1 aliphatic heterocycles. The van der Waals surface area contributed by atoms with E-state index < -0.39 is 0 Å². The van der Waals surface area contributed by atoms with E-state index in [9.17, 15) is 9.59 Å². The zero-order valence-electron chi connectivity index (χ0n) is 16.0. The van der Waals surface area contributed by atoms with Crippen LogP contribution in [0.25, 0.3) is 5.65 Å². The van der Waals surface area contributed by atoms with Gasteiger partial charge in [0.1, 0.15) is 11.2 Å². The molecule has 0 radical (unpaired) electrons. The Morgan fingerprint density at radius 1 is 1.14 bits per heavy atom. The van der Waals surface area contributed by atoms with Crippen molar-refractivity contribution in [1.82, 2.24) is 19.6 Å². The topological polar surface area (TPSA) is 66.7 Å². The number of aromatic nitrogens is 2. The van der Waals surface area contributed by atoms with Crippen molar-refractivity contribution >= 4 is 11.6 Å². The van der Waals surface area contributed by atoms with Gasteiger partial charge in [-0.05, 0) is 50.0 Å². The number of rotatable bonds is 5. The van der Waals surface area contributed by atoms with Crippen LogP contribution in [0.4, 0.5) is 0 Å². The SMILES string of the molecule is Cc1ccc2ncc(C(=O)NC(CN3CCCC3)c3ccccc3)c(=O)n2c1. The van der Waals surface area contributed by atoms with Gasteiger partial charge in [0, 0.05) is 18.9 Å². The Labute approximate surface area is 163 Å². The Hall–Kier alpha value is -2.99. The van der Waals surface area contributed by atoms with Gasteiger partial charge >= 0.3 is 0 Å². The summed E-state index contributed by atoms with van der Waals surface area (Å²) in [4.78, 5) is 32.4. The lowest BCUT2D eigenvalue weighted by atomic mass is 10.1. The van der Waals surface area contributed by atoms with Crippen molar-refractivity contribution in [1.29, 1.82) is 0 Å².